The summed E-state index contributed by atoms with van der Waals surface area (Å²) in [4.78, 5) is 14.7. The van der Waals surface area contributed by atoms with Crippen molar-refractivity contribution in [1.29, 1.82) is 0 Å². The Labute approximate surface area is 121 Å². The third-order valence-corrected chi connectivity index (χ3v) is 4.73. The van der Waals surface area contributed by atoms with Crippen LogP contribution in [0, 0.1) is 9.49 Å². The number of nitrogens with zero attached hydrogens (tertiary/aromatic N) is 1. The first-order valence-electron chi connectivity index (χ1n) is 6.51. The zero-order valence-corrected chi connectivity index (χ0v) is 12.4. The van der Waals surface area contributed by atoms with E-state index in [1.54, 1.807) is 0 Å². The number of rotatable bonds is 2. The van der Waals surface area contributed by atoms with Gasteiger partial charge in [0, 0.05) is 21.7 Å². The van der Waals surface area contributed by atoms with Crippen molar-refractivity contribution >= 4 is 28.5 Å². The summed E-state index contributed by atoms with van der Waals surface area (Å²) < 4.78 is 1.11. The van der Waals surface area contributed by atoms with Crippen molar-refractivity contribution in [3.8, 4) is 0 Å². The van der Waals surface area contributed by atoms with Gasteiger partial charge in [-0.3, -0.25) is 4.79 Å². The molecule has 1 N–H and O–H groups in total. The van der Waals surface area contributed by atoms with Gasteiger partial charge in [-0.25, -0.2) is 0 Å². The topological polar surface area (TPSA) is 32.3 Å². The second kappa shape index (κ2) is 5.17. The van der Waals surface area contributed by atoms with Crippen molar-refractivity contribution in [2.75, 3.05) is 19.6 Å². The number of fused-ring (bicyclic) bond motifs is 3. The van der Waals surface area contributed by atoms with Crippen LogP contribution in [0.1, 0.15) is 23.2 Å². The lowest BCUT2D eigenvalue weighted by molar-refractivity contribution is 0.0620. The fourth-order valence-electron chi connectivity index (χ4n) is 3.01. The Bertz CT molecular complexity index is 455. The molecule has 1 amide bonds. The van der Waals surface area contributed by atoms with Gasteiger partial charge in [-0.15, -0.1) is 0 Å². The zero-order valence-electron chi connectivity index (χ0n) is 10.2. The number of hydrogen-bond donors (Lipinski definition) is 1. The van der Waals surface area contributed by atoms with Crippen LogP contribution in [-0.2, 0) is 0 Å². The molecule has 4 heteroatoms. The van der Waals surface area contributed by atoms with Crippen LogP contribution in [0.3, 0.4) is 0 Å². The van der Waals surface area contributed by atoms with E-state index in [1.807, 2.05) is 24.3 Å². The second-order valence-electron chi connectivity index (χ2n) is 5.23. The first-order chi connectivity index (χ1) is 8.72. The number of carbonyl (C=O) groups is 1. The van der Waals surface area contributed by atoms with Gasteiger partial charge in [0.2, 0.25) is 0 Å². The van der Waals surface area contributed by atoms with E-state index >= 15 is 0 Å². The fraction of sp³-hybridized carbons (Fsp3) is 0.500. The molecule has 4 rings (SSSR count). The lowest BCUT2D eigenvalue weighted by atomic mass is 9.84. The molecule has 3 saturated heterocycles. The second-order valence-corrected chi connectivity index (χ2v) is 6.47. The van der Waals surface area contributed by atoms with Gasteiger partial charge < -0.3 is 10.2 Å². The molecule has 3 fully saturated rings. The standard InChI is InChI=1S/C14H17IN2O/c15-12-3-1-2-11(8-12)14(18)16-13-9-17-6-4-10(13)5-7-17/h1-3,8,10,13H,4-7,9H2,(H,16,18)/t13-/m0/s1. The maximum Gasteiger partial charge on any atom is 0.251 e. The van der Waals surface area contributed by atoms with E-state index in [9.17, 15) is 4.79 Å². The van der Waals surface area contributed by atoms with E-state index in [-0.39, 0.29) is 5.91 Å². The highest BCUT2D eigenvalue weighted by atomic mass is 127. The molecule has 3 aliphatic rings. The van der Waals surface area contributed by atoms with Crippen molar-refractivity contribution in [3.05, 3.63) is 33.4 Å². The summed E-state index contributed by atoms with van der Waals surface area (Å²) in [7, 11) is 0. The predicted molar refractivity (Wildman–Crippen MR) is 79.6 cm³/mol. The molecule has 3 nitrogen and oxygen atoms in total. The molecule has 1 aromatic rings. The summed E-state index contributed by atoms with van der Waals surface area (Å²) in [6.07, 6.45) is 2.47. The number of piperidine rings is 3. The molecule has 3 heterocycles. The monoisotopic (exact) mass is 356 g/mol. The fourth-order valence-corrected chi connectivity index (χ4v) is 3.55. The van der Waals surface area contributed by atoms with Gasteiger partial charge in [0.05, 0.1) is 0 Å². The predicted octanol–water partition coefficient (Wildman–Crippen LogP) is 2.12. The summed E-state index contributed by atoms with van der Waals surface area (Å²) in [6.45, 7) is 3.45. The Kier molecular flexibility index (Phi) is 3.56. The molecular weight excluding hydrogens is 339 g/mol. The van der Waals surface area contributed by atoms with Gasteiger partial charge in [0.15, 0.2) is 0 Å². The summed E-state index contributed by atoms with van der Waals surface area (Å²) in [5.41, 5.74) is 0.776. The summed E-state index contributed by atoms with van der Waals surface area (Å²) in [5.74, 6) is 0.758. The van der Waals surface area contributed by atoms with Gasteiger partial charge >= 0.3 is 0 Å². The van der Waals surface area contributed by atoms with Crippen LogP contribution in [0.2, 0.25) is 0 Å². The van der Waals surface area contributed by atoms with E-state index in [0.29, 0.717) is 12.0 Å². The Morgan fingerprint density at radius 3 is 2.72 bits per heavy atom. The third-order valence-electron chi connectivity index (χ3n) is 4.06. The summed E-state index contributed by atoms with van der Waals surface area (Å²) in [6, 6.07) is 8.12. The maximum absolute atomic E-state index is 12.2. The highest BCUT2D eigenvalue weighted by Gasteiger charge is 2.34. The van der Waals surface area contributed by atoms with Gasteiger partial charge in [-0.1, -0.05) is 6.07 Å². The first kappa shape index (κ1) is 12.4. The Morgan fingerprint density at radius 2 is 2.11 bits per heavy atom. The molecule has 1 aromatic carbocycles. The van der Waals surface area contributed by atoms with Crippen LogP contribution in [0.25, 0.3) is 0 Å². The Hall–Kier alpha value is -0.620. The average molecular weight is 356 g/mol. The van der Waals surface area contributed by atoms with E-state index in [0.717, 1.165) is 15.7 Å². The van der Waals surface area contributed by atoms with E-state index in [4.69, 9.17) is 0 Å². The Balaban J connectivity index is 1.68. The molecule has 0 saturated carbocycles. The quantitative estimate of drug-likeness (QED) is 0.824. The minimum absolute atomic E-state index is 0.0762. The lowest BCUT2D eigenvalue weighted by Gasteiger charge is -2.44. The van der Waals surface area contributed by atoms with Crippen LogP contribution in [0.15, 0.2) is 24.3 Å². The van der Waals surface area contributed by atoms with Crippen LogP contribution in [0.4, 0.5) is 0 Å². The normalized spacial score (nSPS) is 30.2. The van der Waals surface area contributed by atoms with E-state index in [2.05, 4.69) is 32.8 Å². The number of nitrogens with one attached hydrogen (secondary N) is 1. The first-order valence-corrected chi connectivity index (χ1v) is 7.59. The molecule has 1 atom stereocenters. The lowest BCUT2D eigenvalue weighted by Crippen LogP contribution is -2.57. The molecule has 0 spiro atoms. The number of carbonyl (C=O) groups excluding carboxylic acids is 1. The zero-order chi connectivity index (χ0) is 12.5. The number of halogens is 1. The highest BCUT2D eigenvalue weighted by molar-refractivity contribution is 14.1. The van der Waals surface area contributed by atoms with Gasteiger partial charge in [0.25, 0.3) is 5.91 Å². The third kappa shape index (κ3) is 2.54. The molecule has 3 aliphatic heterocycles. The van der Waals surface area contributed by atoms with Crippen LogP contribution >= 0.6 is 22.6 Å². The number of benzene rings is 1. The molecule has 18 heavy (non-hydrogen) atoms. The molecule has 0 aliphatic carbocycles. The van der Waals surface area contributed by atoms with Crippen molar-refractivity contribution in [3.63, 3.8) is 0 Å². The minimum Gasteiger partial charge on any atom is -0.348 e. The van der Waals surface area contributed by atoms with Crippen molar-refractivity contribution < 1.29 is 4.79 Å². The maximum atomic E-state index is 12.2. The van der Waals surface area contributed by atoms with Crippen LogP contribution in [-0.4, -0.2) is 36.5 Å². The van der Waals surface area contributed by atoms with Crippen LogP contribution < -0.4 is 5.32 Å². The smallest absolute Gasteiger partial charge is 0.251 e. The number of amides is 1. The molecule has 96 valence electrons. The van der Waals surface area contributed by atoms with E-state index in [1.165, 1.54) is 25.9 Å². The molecule has 2 bridgehead atoms. The van der Waals surface area contributed by atoms with Crippen molar-refractivity contribution in [2.24, 2.45) is 5.92 Å². The SMILES string of the molecule is O=C(N[C@H]1CN2CCC1CC2)c1cccc(I)c1. The van der Waals surface area contributed by atoms with Gasteiger partial charge in [-0.2, -0.15) is 0 Å². The van der Waals surface area contributed by atoms with E-state index < -0.39 is 0 Å². The summed E-state index contributed by atoms with van der Waals surface area (Å²) in [5, 5.41) is 3.21. The molecule has 0 aromatic heterocycles. The van der Waals surface area contributed by atoms with Crippen molar-refractivity contribution in [2.45, 2.75) is 18.9 Å². The highest BCUT2D eigenvalue weighted by Crippen LogP contribution is 2.27. The average Bonchev–Trinajstić information content (AvgIpc) is 2.40. The minimum atomic E-state index is 0.0762. The van der Waals surface area contributed by atoms with Crippen LogP contribution in [0.5, 0.6) is 0 Å². The van der Waals surface area contributed by atoms with Crippen molar-refractivity contribution in [1.82, 2.24) is 10.2 Å². The number of hydrogen-bond acceptors (Lipinski definition) is 2. The summed E-state index contributed by atoms with van der Waals surface area (Å²) >= 11 is 2.24. The Morgan fingerprint density at radius 1 is 1.33 bits per heavy atom. The molecular formula is C14H17IN2O. The molecule has 0 unspecified atom stereocenters. The van der Waals surface area contributed by atoms with Gasteiger partial charge in [0.1, 0.15) is 0 Å². The molecule has 0 radical (unpaired) electrons. The van der Waals surface area contributed by atoms with Gasteiger partial charge in [-0.05, 0) is 72.6 Å². The largest absolute Gasteiger partial charge is 0.348 e.